The van der Waals surface area contributed by atoms with E-state index >= 15 is 0 Å². The maximum atomic E-state index is 11.2. The summed E-state index contributed by atoms with van der Waals surface area (Å²) >= 11 is 0. The summed E-state index contributed by atoms with van der Waals surface area (Å²) in [6, 6.07) is 12.7. The molecule has 0 aliphatic carbocycles. The van der Waals surface area contributed by atoms with E-state index in [1.165, 1.54) is 0 Å². The summed E-state index contributed by atoms with van der Waals surface area (Å²) < 4.78 is 0. The predicted molar refractivity (Wildman–Crippen MR) is 81.2 cm³/mol. The smallest absolute Gasteiger partial charge is 0.323 e. The Morgan fingerprint density at radius 3 is 2.71 bits per heavy atom. The molecule has 6 heteroatoms. The van der Waals surface area contributed by atoms with Crippen LogP contribution in [-0.2, 0) is 6.54 Å². The van der Waals surface area contributed by atoms with Crippen LogP contribution in [0, 0.1) is 0 Å². The zero-order valence-electron chi connectivity index (χ0n) is 11.1. The molecular formula is C15H14N4O2. The van der Waals surface area contributed by atoms with Crippen molar-refractivity contribution in [3.63, 3.8) is 0 Å². The molecule has 0 spiro atoms. The molecular weight excluding hydrogens is 268 g/mol. The number of benzene rings is 2. The first-order valence-corrected chi connectivity index (χ1v) is 6.46. The quantitative estimate of drug-likeness (QED) is 0.583. The number of nitrogens with one attached hydrogen (secondary N) is 3. The number of carbonyl (C=O) groups excluding carboxylic acids is 1. The van der Waals surface area contributed by atoms with Crippen molar-refractivity contribution in [1.82, 2.24) is 9.97 Å². The minimum Gasteiger partial charge on any atom is -0.381 e. The number of anilines is 1. The molecule has 0 saturated heterocycles. The highest BCUT2D eigenvalue weighted by atomic mass is 16.1. The number of imidazole rings is 1. The Kier molecular flexibility index (Phi) is 3.19. The van der Waals surface area contributed by atoms with Gasteiger partial charge in [-0.2, -0.15) is 0 Å². The standard InChI is InChI=1S/C15H14N4O2/c16-14(20)10-3-1-2-9(6-10)8-17-11-4-5-12-13(7-11)19-15(21)18-12/h1-7,17H,8H2,(H2,16,20)(H2,18,19,21). The van der Waals surface area contributed by atoms with Crippen LogP contribution in [0.2, 0.25) is 0 Å². The van der Waals surface area contributed by atoms with Crippen molar-refractivity contribution >= 4 is 22.6 Å². The lowest BCUT2D eigenvalue weighted by atomic mass is 10.1. The van der Waals surface area contributed by atoms with Gasteiger partial charge in [-0.1, -0.05) is 12.1 Å². The van der Waals surface area contributed by atoms with Gasteiger partial charge in [0, 0.05) is 17.8 Å². The van der Waals surface area contributed by atoms with Crippen LogP contribution in [0.25, 0.3) is 11.0 Å². The number of fused-ring (bicyclic) bond motifs is 1. The number of carbonyl (C=O) groups is 1. The van der Waals surface area contributed by atoms with Gasteiger partial charge in [-0.3, -0.25) is 4.79 Å². The first-order valence-electron chi connectivity index (χ1n) is 6.46. The van der Waals surface area contributed by atoms with Gasteiger partial charge in [0.2, 0.25) is 5.91 Å². The third kappa shape index (κ3) is 2.79. The lowest BCUT2D eigenvalue weighted by Crippen LogP contribution is -2.11. The number of nitrogens with two attached hydrogens (primary N) is 1. The van der Waals surface area contributed by atoms with Crippen LogP contribution in [0.3, 0.4) is 0 Å². The fraction of sp³-hybridized carbons (Fsp3) is 0.0667. The van der Waals surface area contributed by atoms with E-state index in [0.717, 1.165) is 22.3 Å². The van der Waals surface area contributed by atoms with Gasteiger partial charge >= 0.3 is 5.69 Å². The lowest BCUT2D eigenvalue weighted by molar-refractivity contribution is 0.1000. The molecule has 1 heterocycles. The normalized spacial score (nSPS) is 10.7. The molecule has 2 aromatic carbocycles. The molecule has 0 bridgehead atoms. The zero-order chi connectivity index (χ0) is 14.8. The number of primary amides is 1. The number of aromatic amines is 2. The van der Waals surface area contributed by atoms with E-state index in [9.17, 15) is 9.59 Å². The van der Waals surface area contributed by atoms with Gasteiger partial charge in [0.25, 0.3) is 0 Å². The predicted octanol–water partition coefficient (Wildman–Crippen LogP) is 1.57. The number of amides is 1. The molecule has 0 unspecified atom stereocenters. The Balaban J connectivity index is 1.78. The van der Waals surface area contributed by atoms with Crippen LogP contribution >= 0.6 is 0 Å². The number of rotatable bonds is 4. The van der Waals surface area contributed by atoms with Crippen molar-refractivity contribution in [2.75, 3.05) is 5.32 Å². The molecule has 3 rings (SSSR count). The molecule has 106 valence electrons. The van der Waals surface area contributed by atoms with E-state index in [2.05, 4.69) is 15.3 Å². The number of aromatic nitrogens is 2. The average molecular weight is 282 g/mol. The highest BCUT2D eigenvalue weighted by Crippen LogP contribution is 2.15. The fourth-order valence-electron chi connectivity index (χ4n) is 2.18. The Labute approximate surface area is 120 Å². The second-order valence-electron chi connectivity index (χ2n) is 4.76. The second kappa shape index (κ2) is 5.16. The minimum absolute atomic E-state index is 0.226. The van der Waals surface area contributed by atoms with Gasteiger partial charge in [-0.15, -0.1) is 0 Å². The number of hydrogen-bond acceptors (Lipinski definition) is 3. The SMILES string of the molecule is NC(=O)c1cccc(CNc2ccc3[nH]c(=O)[nH]c3c2)c1. The molecule has 1 amide bonds. The van der Waals surface area contributed by atoms with Crippen molar-refractivity contribution < 1.29 is 4.79 Å². The topological polar surface area (TPSA) is 104 Å². The monoisotopic (exact) mass is 282 g/mol. The van der Waals surface area contributed by atoms with Crippen LogP contribution in [-0.4, -0.2) is 15.9 Å². The summed E-state index contributed by atoms with van der Waals surface area (Å²) in [4.78, 5) is 27.7. The average Bonchev–Trinajstić information content (AvgIpc) is 2.84. The Hall–Kier alpha value is -3.02. The van der Waals surface area contributed by atoms with Crippen LogP contribution in [0.5, 0.6) is 0 Å². The van der Waals surface area contributed by atoms with Gasteiger partial charge in [-0.05, 0) is 35.9 Å². The Bertz CT molecular complexity index is 863. The van der Waals surface area contributed by atoms with Crippen LogP contribution in [0.15, 0.2) is 47.3 Å². The summed E-state index contributed by atoms with van der Waals surface area (Å²) in [6.45, 7) is 0.557. The Morgan fingerprint density at radius 1 is 1.10 bits per heavy atom. The van der Waals surface area contributed by atoms with E-state index in [4.69, 9.17) is 5.73 Å². The first-order chi connectivity index (χ1) is 10.1. The molecule has 0 fully saturated rings. The molecule has 0 atom stereocenters. The van der Waals surface area contributed by atoms with Crippen molar-refractivity contribution in [2.45, 2.75) is 6.54 Å². The largest absolute Gasteiger partial charge is 0.381 e. The zero-order valence-corrected chi connectivity index (χ0v) is 11.1. The molecule has 1 aromatic heterocycles. The Morgan fingerprint density at radius 2 is 1.90 bits per heavy atom. The van der Waals surface area contributed by atoms with Gasteiger partial charge in [0.15, 0.2) is 0 Å². The third-order valence-corrected chi connectivity index (χ3v) is 3.22. The van der Waals surface area contributed by atoms with Gasteiger partial charge in [0.05, 0.1) is 11.0 Å². The molecule has 0 aliphatic heterocycles. The van der Waals surface area contributed by atoms with E-state index < -0.39 is 5.91 Å². The highest BCUT2D eigenvalue weighted by Gasteiger charge is 2.02. The summed E-state index contributed by atoms with van der Waals surface area (Å²) in [5.74, 6) is -0.442. The van der Waals surface area contributed by atoms with Crippen molar-refractivity contribution in [3.8, 4) is 0 Å². The van der Waals surface area contributed by atoms with Crippen LogP contribution in [0.1, 0.15) is 15.9 Å². The van der Waals surface area contributed by atoms with Crippen molar-refractivity contribution in [3.05, 3.63) is 64.1 Å². The van der Waals surface area contributed by atoms with E-state index in [-0.39, 0.29) is 5.69 Å². The maximum Gasteiger partial charge on any atom is 0.323 e. The van der Waals surface area contributed by atoms with Crippen LogP contribution in [0.4, 0.5) is 5.69 Å². The van der Waals surface area contributed by atoms with Crippen molar-refractivity contribution in [2.24, 2.45) is 5.73 Å². The summed E-state index contributed by atoms with van der Waals surface area (Å²) in [7, 11) is 0. The summed E-state index contributed by atoms with van der Waals surface area (Å²) in [5, 5.41) is 3.24. The third-order valence-electron chi connectivity index (χ3n) is 3.22. The minimum atomic E-state index is -0.442. The first kappa shape index (κ1) is 13.0. The second-order valence-corrected chi connectivity index (χ2v) is 4.76. The molecule has 0 radical (unpaired) electrons. The molecule has 5 N–H and O–H groups in total. The molecule has 0 saturated carbocycles. The van der Waals surface area contributed by atoms with Gasteiger partial charge in [0.1, 0.15) is 0 Å². The number of H-pyrrole nitrogens is 2. The van der Waals surface area contributed by atoms with Crippen LogP contribution < -0.4 is 16.7 Å². The lowest BCUT2D eigenvalue weighted by Gasteiger charge is -2.07. The molecule has 3 aromatic rings. The molecule has 21 heavy (non-hydrogen) atoms. The summed E-state index contributed by atoms with van der Waals surface area (Å²) in [6.07, 6.45) is 0. The highest BCUT2D eigenvalue weighted by molar-refractivity contribution is 5.92. The molecule has 6 nitrogen and oxygen atoms in total. The van der Waals surface area contributed by atoms with E-state index in [1.54, 1.807) is 18.2 Å². The van der Waals surface area contributed by atoms with Crippen molar-refractivity contribution in [1.29, 1.82) is 0 Å². The van der Waals surface area contributed by atoms with Gasteiger partial charge < -0.3 is 21.0 Å². The molecule has 0 aliphatic rings. The number of hydrogen-bond donors (Lipinski definition) is 4. The van der Waals surface area contributed by atoms with Gasteiger partial charge in [-0.25, -0.2) is 4.79 Å². The fourth-order valence-corrected chi connectivity index (χ4v) is 2.18. The summed E-state index contributed by atoms with van der Waals surface area (Å²) in [5.41, 5.74) is 8.86. The van der Waals surface area contributed by atoms with E-state index in [1.807, 2.05) is 24.3 Å². The maximum absolute atomic E-state index is 11.2. The van der Waals surface area contributed by atoms with E-state index in [0.29, 0.717) is 12.1 Å².